The lowest BCUT2D eigenvalue weighted by molar-refractivity contribution is 0.572. The number of fused-ring (bicyclic) bond motifs is 7. The first-order valence-electron chi connectivity index (χ1n) is 14.3. The Morgan fingerprint density at radius 2 is 1.00 bits per heavy atom. The molecular weight excluding hydrogens is 511 g/mol. The van der Waals surface area contributed by atoms with E-state index >= 15 is 0 Å². The number of nitrogens with zero attached hydrogens (tertiary/aromatic N) is 1. The molecule has 3 heteroatoms. The predicted molar refractivity (Wildman–Crippen MR) is 174 cm³/mol. The van der Waals surface area contributed by atoms with Crippen molar-refractivity contribution in [3.63, 3.8) is 0 Å². The van der Waals surface area contributed by atoms with Crippen molar-refractivity contribution < 1.29 is 0 Å². The Bertz CT molecular complexity index is 1760. The van der Waals surface area contributed by atoms with Gasteiger partial charge in [-0.05, 0) is 40.8 Å². The lowest BCUT2D eigenvalue weighted by atomic mass is 10.0. The molecule has 0 radical (unpaired) electrons. The zero-order valence-corrected chi connectivity index (χ0v) is 24.1. The molecule has 0 saturated carbocycles. The molecule has 3 aromatic heterocycles. The van der Waals surface area contributed by atoms with Crippen LogP contribution in [0.2, 0.25) is 0 Å². The molecule has 0 bridgehead atoms. The molecule has 0 spiro atoms. The molecule has 0 unspecified atom stereocenters. The third-order valence-corrected chi connectivity index (χ3v) is 10.4. The molecule has 0 aliphatic rings. The first kappa shape index (κ1) is 24.6. The second kappa shape index (κ2) is 10.6. The molecule has 7 rings (SSSR count). The Morgan fingerprint density at radius 3 is 1.51 bits per heavy atom. The summed E-state index contributed by atoms with van der Waals surface area (Å²) in [6.07, 6.45) is 7.93. The fourth-order valence-corrected chi connectivity index (χ4v) is 8.62. The van der Waals surface area contributed by atoms with E-state index in [4.69, 9.17) is 0 Å². The van der Waals surface area contributed by atoms with Crippen molar-refractivity contribution in [3.05, 3.63) is 97.1 Å². The minimum atomic E-state index is 1.10. The summed E-state index contributed by atoms with van der Waals surface area (Å²) in [5.41, 5.74) is 5.17. The van der Waals surface area contributed by atoms with Crippen molar-refractivity contribution >= 4 is 63.3 Å². The van der Waals surface area contributed by atoms with Crippen LogP contribution in [0.1, 0.15) is 45.4 Å². The Balaban J connectivity index is 1.38. The quantitative estimate of drug-likeness (QED) is 0.160. The molecule has 0 aliphatic carbocycles. The molecule has 0 aliphatic heterocycles. The van der Waals surface area contributed by atoms with Crippen molar-refractivity contribution in [2.75, 3.05) is 0 Å². The highest BCUT2D eigenvalue weighted by atomic mass is 32.1. The fraction of sp³-hybridized carbons (Fsp3) is 0.222. The van der Waals surface area contributed by atoms with Crippen LogP contribution < -0.4 is 0 Å². The lowest BCUT2D eigenvalue weighted by Crippen LogP contribution is -1.95. The average Bonchev–Trinajstić information content (AvgIpc) is 3.63. The molecule has 0 saturated heterocycles. The highest BCUT2D eigenvalue weighted by molar-refractivity contribution is 7.28. The molecule has 4 aromatic carbocycles. The third kappa shape index (κ3) is 4.48. The van der Waals surface area contributed by atoms with Gasteiger partial charge in [-0.3, -0.25) is 0 Å². The minimum absolute atomic E-state index is 1.10. The van der Waals surface area contributed by atoms with Gasteiger partial charge in [0.2, 0.25) is 0 Å². The summed E-state index contributed by atoms with van der Waals surface area (Å²) in [5, 5.41) is 5.70. The van der Waals surface area contributed by atoms with Crippen LogP contribution in [0.3, 0.4) is 0 Å². The van der Waals surface area contributed by atoms with Crippen LogP contribution in [-0.2, 0) is 6.54 Å². The van der Waals surface area contributed by atoms with E-state index in [1.54, 1.807) is 0 Å². The number of hydrogen-bond donors (Lipinski definition) is 0. The maximum atomic E-state index is 2.66. The van der Waals surface area contributed by atoms with E-state index in [0.29, 0.717) is 0 Å². The van der Waals surface area contributed by atoms with Gasteiger partial charge in [0.15, 0.2) is 0 Å². The smallest absolute Gasteiger partial charge is 0.105 e. The van der Waals surface area contributed by atoms with E-state index in [1.807, 2.05) is 22.7 Å². The minimum Gasteiger partial charge on any atom is -0.324 e. The van der Waals surface area contributed by atoms with Crippen LogP contribution >= 0.6 is 22.7 Å². The van der Waals surface area contributed by atoms with Gasteiger partial charge >= 0.3 is 0 Å². The van der Waals surface area contributed by atoms with Crippen molar-refractivity contribution in [2.45, 2.75) is 52.0 Å². The van der Waals surface area contributed by atoms with Gasteiger partial charge in [-0.15, -0.1) is 22.7 Å². The van der Waals surface area contributed by atoms with Crippen LogP contribution in [0.4, 0.5) is 0 Å². The Morgan fingerprint density at radius 1 is 0.513 bits per heavy atom. The summed E-state index contributed by atoms with van der Waals surface area (Å²) in [6, 6.07) is 35.7. The Kier molecular flexibility index (Phi) is 6.72. The second-order valence-corrected chi connectivity index (χ2v) is 12.7. The number of rotatable bonds is 9. The van der Waals surface area contributed by atoms with Crippen molar-refractivity contribution in [3.8, 4) is 22.3 Å². The van der Waals surface area contributed by atoms with Crippen molar-refractivity contribution in [2.24, 2.45) is 0 Å². The Labute approximate surface area is 238 Å². The van der Waals surface area contributed by atoms with Gasteiger partial charge in [-0.2, -0.15) is 0 Å². The van der Waals surface area contributed by atoms with Gasteiger partial charge in [0, 0.05) is 37.5 Å². The van der Waals surface area contributed by atoms with Crippen LogP contribution in [0.15, 0.2) is 97.1 Å². The third-order valence-electron chi connectivity index (χ3n) is 8.03. The van der Waals surface area contributed by atoms with Crippen molar-refractivity contribution in [1.82, 2.24) is 4.57 Å². The summed E-state index contributed by atoms with van der Waals surface area (Å²) < 4.78 is 5.44. The van der Waals surface area contributed by atoms with E-state index < -0.39 is 0 Å². The van der Waals surface area contributed by atoms with Crippen LogP contribution in [0.5, 0.6) is 0 Å². The SMILES string of the molecule is CCCCCCCCn1c2sc3cc(-c4ccccc4)ccc3c2c2c3ccc(-c4ccccc4)cc3sc21. The highest BCUT2D eigenvalue weighted by Gasteiger charge is 2.21. The summed E-state index contributed by atoms with van der Waals surface area (Å²) in [7, 11) is 0. The van der Waals surface area contributed by atoms with Gasteiger partial charge in [0.25, 0.3) is 0 Å². The molecule has 1 nitrogen and oxygen atoms in total. The molecule has 0 amide bonds. The number of aryl methyl sites for hydroxylation is 1. The average molecular weight is 544 g/mol. The number of unbranched alkanes of at least 4 members (excludes halogenated alkanes) is 5. The van der Waals surface area contributed by atoms with Crippen molar-refractivity contribution in [1.29, 1.82) is 0 Å². The summed E-state index contributed by atoms with van der Waals surface area (Å²) in [4.78, 5) is 2.89. The number of thiophene rings is 2. The van der Waals surface area contributed by atoms with Gasteiger partial charge in [0.1, 0.15) is 9.66 Å². The first-order chi connectivity index (χ1) is 19.3. The van der Waals surface area contributed by atoms with E-state index in [9.17, 15) is 0 Å². The predicted octanol–water partition coefficient (Wildman–Crippen LogP) is 11.9. The van der Waals surface area contributed by atoms with Crippen LogP contribution in [-0.4, -0.2) is 4.57 Å². The summed E-state index contributed by atoms with van der Waals surface area (Å²) in [5.74, 6) is 0. The molecular formula is C36H33NS2. The monoisotopic (exact) mass is 543 g/mol. The fourth-order valence-electron chi connectivity index (χ4n) is 6.00. The van der Waals surface area contributed by atoms with Crippen LogP contribution in [0, 0.1) is 0 Å². The van der Waals surface area contributed by atoms with E-state index in [-0.39, 0.29) is 0 Å². The molecule has 39 heavy (non-hydrogen) atoms. The molecule has 0 atom stereocenters. The number of benzene rings is 4. The normalized spacial score (nSPS) is 11.9. The van der Waals surface area contributed by atoms with E-state index in [1.165, 1.54) is 101 Å². The van der Waals surface area contributed by atoms with Gasteiger partial charge in [-0.1, -0.05) is 124 Å². The molecule has 0 fully saturated rings. The lowest BCUT2D eigenvalue weighted by Gasteiger charge is -2.05. The topological polar surface area (TPSA) is 4.93 Å². The number of aromatic nitrogens is 1. The second-order valence-electron chi connectivity index (χ2n) is 10.6. The van der Waals surface area contributed by atoms with Gasteiger partial charge in [0.05, 0.1) is 0 Å². The molecule has 3 heterocycles. The standard InChI is InChI=1S/C36H33NS2/c1-2-3-4-5-6-13-22-37-35-33(29-20-18-27(23-31(29)38-35)25-14-9-7-10-15-25)34-30-21-19-28(24-32(30)39-36(34)37)26-16-11-8-12-17-26/h7-12,14-21,23-24H,2-6,13,22H2,1H3. The van der Waals surface area contributed by atoms with Gasteiger partial charge < -0.3 is 4.57 Å². The number of hydrogen-bond acceptors (Lipinski definition) is 2. The van der Waals surface area contributed by atoms with E-state index in [2.05, 4.69) is 109 Å². The Hall–Kier alpha value is -3.40. The maximum Gasteiger partial charge on any atom is 0.105 e. The zero-order valence-electron chi connectivity index (χ0n) is 22.5. The largest absolute Gasteiger partial charge is 0.324 e. The van der Waals surface area contributed by atoms with E-state index in [0.717, 1.165) is 6.54 Å². The first-order valence-corrected chi connectivity index (χ1v) is 16.0. The zero-order chi connectivity index (χ0) is 26.2. The molecule has 194 valence electrons. The summed E-state index contributed by atoms with van der Waals surface area (Å²) in [6.45, 7) is 3.39. The van der Waals surface area contributed by atoms with Crippen LogP contribution in [0.25, 0.3) is 62.9 Å². The summed E-state index contributed by atoms with van der Waals surface area (Å²) >= 11 is 3.96. The molecule has 0 N–H and O–H groups in total. The maximum absolute atomic E-state index is 2.66. The van der Waals surface area contributed by atoms with Gasteiger partial charge in [-0.25, -0.2) is 0 Å². The molecule has 7 aromatic rings. The highest BCUT2D eigenvalue weighted by Crippen LogP contribution is 2.48.